The number of nitrogens with zero attached hydrogens (tertiary/aromatic N) is 3. The van der Waals surface area contributed by atoms with Gasteiger partial charge in [-0.05, 0) is 31.2 Å². The van der Waals surface area contributed by atoms with Gasteiger partial charge in [-0.2, -0.15) is 18.8 Å². The first kappa shape index (κ1) is 15.7. The first-order chi connectivity index (χ1) is 10.4. The van der Waals surface area contributed by atoms with Gasteiger partial charge in [0.1, 0.15) is 6.07 Å². The molecule has 0 aliphatic rings. The van der Waals surface area contributed by atoms with Crippen LogP contribution < -0.4 is 0 Å². The first-order valence-corrected chi connectivity index (χ1v) is 7.72. The van der Waals surface area contributed by atoms with Crippen LogP contribution in [-0.4, -0.2) is 22.6 Å². The molecule has 0 fully saturated rings. The number of fused-ring (bicyclic) bond motifs is 1. The van der Waals surface area contributed by atoms with Gasteiger partial charge >= 0.3 is 0 Å². The van der Waals surface area contributed by atoms with E-state index >= 15 is 0 Å². The highest BCUT2D eigenvalue weighted by atomic mass is 32.2. The lowest BCUT2D eigenvalue weighted by atomic mass is 10.2. The average Bonchev–Trinajstić information content (AvgIpc) is 2.90. The van der Waals surface area contributed by atoms with Crippen LogP contribution in [0.1, 0.15) is 11.1 Å². The van der Waals surface area contributed by atoms with E-state index in [1.165, 1.54) is 12.1 Å². The van der Waals surface area contributed by atoms with Gasteiger partial charge < -0.3 is 0 Å². The molecule has 0 aliphatic heterocycles. The summed E-state index contributed by atoms with van der Waals surface area (Å²) >= 11 is 0. The highest BCUT2D eigenvalue weighted by Crippen LogP contribution is 2.08. The van der Waals surface area contributed by atoms with Gasteiger partial charge in [-0.15, -0.1) is 0 Å². The lowest BCUT2D eigenvalue weighted by molar-refractivity contribution is 0.483. The fourth-order valence-electron chi connectivity index (χ4n) is 1.73. The summed E-state index contributed by atoms with van der Waals surface area (Å²) in [6.45, 7) is 1.84. The summed E-state index contributed by atoms with van der Waals surface area (Å²) in [4.78, 5) is -0.0666. The van der Waals surface area contributed by atoms with Gasteiger partial charge in [0.15, 0.2) is 0 Å². The topological polar surface area (TPSA) is 95.5 Å². The van der Waals surface area contributed by atoms with Crippen molar-refractivity contribution in [3.63, 3.8) is 0 Å². The molecule has 0 aliphatic carbocycles. The molecule has 3 aromatic rings. The lowest BCUT2D eigenvalue weighted by Crippen LogP contribution is -1.96. The molecule has 1 aromatic carbocycles. The fourth-order valence-corrected chi connectivity index (χ4v) is 2.21. The zero-order chi connectivity index (χ0) is 16.2. The number of nitriles is 1. The molecular formula is C15H13N3O3S. The smallest absolute Gasteiger partial charge is 0.282 e. The summed E-state index contributed by atoms with van der Waals surface area (Å²) < 4.78 is 31.2. The van der Waals surface area contributed by atoms with Crippen LogP contribution in [0.2, 0.25) is 0 Å². The van der Waals surface area contributed by atoms with Crippen molar-refractivity contribution in [2.24, 2.45) is 0 Å². The Morgan fingerprint density at radius 2 is 1.86 bits per heavy atom. The van der Waals surface area contributed by atoms with Gasteiger partial charge in [-0.25, -0.2) is 4.52 Å². The Morgan fingerprint density at radius 3 is 2.45 bits per heavy atom. The summed E-state index contributed by atoms with van der Waals surface area (Å²) in [5, 5.41) is 12.6. The molecule has 1 N–H and O–H groups in total. The van der Waals surface area contributed by atoms with Crippen LogP contribution in [0, 0.1) is 18.3 Å². The molecule has 0 amide bonds. The van der Waals surface area contributed by atoms with Gasteiger partial charge in [0.05, 0.1) is 22.2 Å². The van der Waals surface area contributed by atoms with E-state index in [-0.39, 0.29) is 4.90 Å². The second-order valence-corrected chi connectivity index (χ2v) is 5.91. The first-order valence-electron chi connectivity index (χ1n) is 6.28. The molecule has 3 rings (SSSR count). The zero-order valence-electron chi connectivity index (χ0n) is 11.7. The van der Waals surface area contributed by atoms with Crippen LogP contribution in [0.4, 0.5) is 0 Å². The average molecular weight is 315 g/mol. The summed E-state index contributed by atoms with van der Waals surface area (Å²) in [7, 11) is -4.02. The van der Waals surface area contributed by atoms with Crippen LogP contribution >= 0.6 is 0 Å². The normalized spacial score (nSPS) is 10.6. The predicted octanol–water partition coefficient (Wildman–Crippen LogP) is 2.45. The number of rotatable bonds is 1. The Bertz CT molecular complexity index is 923. The molecule has 0 spiro atoms. The van der Waals surface area contributed by atoms with Crippen LogP contribution in [0.15, 0.2) is 59.8 Å². The summed E-state index contributed by atoms with van der Waals surface area (Å²) in [5.41, 5.74) is 2.43. The quantitative estimate of drug-likeness (QED) is 0.696. The van der Waals surface area contributed by atoms with Crippen LogP contribution in [0.25, 0.3) is 5.52 Å². The van der Waals surface area contributed by atoms with Gasteiger partial charge in [0.25, 0.3) is 10.1 Å². The van der Waals surface area contributed by atoms with Crippen molar-refractivity contribution < 1.29 is 13.0 Å². The monoisotopic (exact) mass is 315 g/mol. The maximum atomic E-state index is 10.5. The van der Waals surface area contributed by atoms with E-state index in [0.29, 0.717) is 5.56 Å². The molecule has 0 saturated heterocycles. The van der Waals surface area contributed by atoms with Gasteiger partial charge in [0, 0.05) is 6.20 Å². The predicted molar refractivity (Wildman–Crippen MR) is 80.9 cm³/mol. The second-order valence-electron chi connectivity index (χ2n) is 4.49. The maximum absolute atomic E-state index is 10.5. The van der Waals surface area contributed by atoms with Crippen molar-refractivity contribution in [1.29, 1.82) is 5.26 Å². The second kappa shape index (κ2) is 6.39. The standard InChI is InChI=1S/C8H5N3.C7H8O3S/c9-5-7-6-10-11-4-2-1-3-8(7)11;1-6-2-4-7(5-3-6)11(8,9)10/h1-4,6H;2-5H,1H3,(H,8,9,10). The number of pyridine rings is 1. The molecule has 0 unspecified atom stereocenters. The molecule has 6 nitrogen and oxygen atoms in total. The molecule has 7 heteroatoms. The van der Waals surface area contributed by atoms with E-state index in [0.717, 1.165) is 11.1 Å². The van der Waals surface area contributed by atoms with E-state index in [4.69, 9.17) is 9.81 Å². The zero-order valence-corrected chi connectivity index (χ0v) is 12.5. The molecule has 0 saturated carbocycles. The third-order valence-electron chi connectivity index (χ3n) is 2.87. The Kier molecular flexibility index (Phi) is 4.56. The third kappa shape index (κ3) is 3.69. The maximum Gasteiger partial charge on any atom is 0.294 e. The van der Waals surface area contributed by atoms with Crippen molar-refractivity contribution in [2.45, 2.75) is 11.8 Å². The van der Waals surface area contributed by atoms with Gasteiger partial charge in [-0.1, -0.05) is 23.8 Å². The largest absolute Gasteiger partial charge is 0.294 e. The van der Waals surface area contributed by atoms with E-state index in [9.17, 15) is 8.42 Å². The van der Waals surface area contributed by atoms with E-state index < -0.39 is 10.1 Å². The molecule has 2 heterocycles. The Morgan fingerprint density at radius 1 is 1.18 bits per heavy atom. The number of aryl methyl sites for hydroxylation is 1. The number of hydrogen-bond donors (Lipinski definition) is 1. The van der Waals surface area contributed by atoms with Crippen LogP contribution in [-0.2, 0) is 10.1 Å². The third-order valence-corrected chi connectivity index (χ3v) is 3.73. The Hall–Kier alpha value is -2.69. The summed E-state index contributed by atoms with van der Waals surface area (Å²) in [5.74, 6) is 0. The van der Waals surface area contributed by atoms with E-state index in [1.807, 2.05) is 31.3 Å². The van der Waals surface area contributed by atoms with E-state index in [2.05, 4.69) is 11.2 Å². The van der Waals surface area contributed by atoms with Gasteiger partial charge in [-0.3, -0.25) is 4.55 Å². The molecule has 0 atom stereocenters. The van der Waals surface area contributed by atoms with Crippen molar-refractivity contribution in [3.05, 3.63) is 66.0 Å². The Labute approximate surface area is 128 Å². The number of aromatic nitrogens is 2. The molecule has 0 radical (unpaired) electrons. The minimum Gasteiger partial charge on any atom is -0.282 e. The molecule has 112 valence electrons. The minimum absolute atomic E-state index is 0.0666. The van der Waals surface area contributed by atoms with Crippen molar-refractivity contribution in [3.8, 4) is 6.07 Å². The summed E-state index contributed by atoms with van der Waals surface area (Å²) in [6.07, 6.45) is 3.38. The molecular weight excluding hydrogens is 302 g/mol. The van der Waals surface area contributed by atoms with Crippen molar-refractivity contribution >= 4 is 15.6 Å². The molecule has 22 heavy (non-hydrogen) atoms. The Balaban J connectivity index is 0.000000160. The van der Waals surface area contributed by atoms with Crippen LogP contribution in [0.5, 0.6) is 0 Å². The highest BCUT2D eigenvalue weighted by molar-refractivity contribution is 7.85. The summed E-state index contributed by atoms with van der Waals surface area (Å²) in [6, 6.07) is 13.7. The van der Waals surface area contributed by atoms with Crippen LogP contribution in [0.3, 0.4) is 0 Å². The number of benzene rings is 1. The fraction of sp³-hybridized carbons (Fsp3) is 0.0667. The van der Waals surface area contributed by atoms with Crippen molar-refractivity contribution in [2.75, 3.05) is 0 Å². The SMILES string of the molecule is Cc1ccc(S(=O)(=O)O)cc1.N#Cc1cnn2ccccc12. The lowest BCUT2D eigenvalue weighted by Gasteiger charge is -1.95. The van der Waals surface area contributed by atoms with E-state index in [1.54, 1.807) is 22.8 Å². The van der Waals surface area contributed by atoms with Gasteiger partial charge in [0.2, 0.25) is 0 Å². The molecule has 2 aromatic heterocycles. The minimum atomic E-state index is -4.02. The molecule has 0 bridgehead atoms. The number of hydrogen-bond acceptors (Lipinski definition) is 4. The van der Waals surface area contributed by atoms with Crippen molar-refractivity contribution in [1.82, 2.24) is 9.61 Å². The highest BCUT2D eigenvalue weighted by Gasteiger charge is 2.06.